The lowest BCUT2D eigenvalue weighted by Crippen LogP contribution is -2.41. The molecular weight excluding hydrogens is 306 g/mol. The predicted octanol–water partition coefficient (Wildman–Crippen LogP) is 0.291. The number of rotatable bonds is 8. The highest BCUT2D eigenvalue weighted by Crippen LogP contribution is 1.99. The molecule has 2 heterocycles. The summed E-state index contributed by atoms with van der Waals surface area (Å²) < 4.78 is 7.35. The maximum absolute atomic E-state index is 5.37. The Morgan fingerprint density at radius 2 is 1.96 bits per heavy atom. The lowest BCUT2D eigenvalue weighted by molar-refractivity contribution is 0.0376. The van der Waals surface area contributed by atoms with Gasteiger partial charge in [0.2, 0.25) is 0 Å². The van der Waals surface area contributed by atoms with Crippen molar-refractivity contribution in [1.29, 1.82) is 0 Å². The molecule has 1 saturated heterocycles. The highest BCUT2D eigenvalue weighted by atomic mass is 16.5. The molecular formula is C16H31N7O. The maximum Gasteiger partial charge on any atom is 0.191 e. The van der Waals surface area contributed by atoms with E-state index in [2.05, 4.69) is 37.6 Å². The van der Waals surface area contributed by atoms with Gasteiger partial charge in [0.1, 0.15) is 12.4 Å². The molecule has 0 saturated carbocycles. The number of nitrogens with zero attached hydrogens (tertiary/aromatic N) is 5. The van der Waals surface area contributed by atoms with Gasteiger partial charge in [-0.05, 0) is 26.3 Å². The van der Waals surface area contributed by atoms with E-state index < -0.39 is 0 Å². The molecule has 1 aromatic rings. The van der Waals surface area contributed by atoms with Gasteiger partial charge in [0.05, 0.1) is 13.2 Å². The predicted molar refractivity (Wildman–Crippen MR) is 95.1 cm³/mol. The van der Waals surface area contributed by atoms with E-state index in [9.17, 15) is 0 Å². The van der Waals surface area contributed by atoms with Crippen molar-refractivity contribution in [1.82, 2.24) is 30.3 Å². The van der Waals surface area contributed by atoms with Gasteiger partial charge in [0.25, 0.3) is 0 Å². The number of nitrogens with one attached hydrogen (secondary N) is 2. The molecule has 136 valence electrons. The molecule has 1 fully saturated rings. The normalized spacial score (nSPS) is 16.4. The van der Waals surface area contributed by atoms with Gasteiger partial charge >= 0.3 is 0 Å². The van der Waals surface area contributed by atoms with Gasteiger partial charge in [0, 0.05) is 33.2 Å². The molecule has 1 aromatic heterocycles. The number of hydrogen-bond acceptors (Lipinski definition) is 5. The summed E-state index contributed by atoms with van der Waals surface area (Å²) in [6.07, 6.45) is 2.16. The first kappa shape index (κ1) is 18.7. The number of morpholine rings is 1. The fourth-order valence-corrected chi connectivity index (χ4v) is 2.49. The fourth-order valence-electron chi connectivity index (χ4n) is 2.49. The van der Waals surface area contributed by atoms with Gasteiger partial charge in [-0.15, -0.1) is 10.2 Å². The number of hydrogen-bond donors (Lipinski definition) is 2. The van der Waals surface area contributed by atoms with Gasteiger partial charge < -0.3 is 19.9 Å². The summed E-state index contributed by atoms with van der Waals surface area (Å²) in [6, 6.07) is 0. The van der Waals surface area contributed by atoms with Crippen LogP contribution in [0.5, 0.6) is 0 Å². The van der Waals surface area contributed by atoms with Crippen molar-refractivity contribution >= 4 is 5.96 Å². The van der Waals surface area contributed by atoms with E-state index in [1.54, 1.807) is 0 Å². The van der Waals surface area contributed by atoms with E-state index in [1.165, 1.54) is 0 Å². The number of guanidine groups is 1. The second kappa shape index (κ2) is 10.2. The summed E-state index contributed by atoms with van der Waals surface area (Å²) in [7, 11) is 1.97. The SMILES string of the molecule is CCCNC(=NCc1nnc(C)n1C)NCCCN1CCOCC1. The molecule has 1 aliphatic heterocycles. The van der Waals surface area contributed by atoms with Crippen molar-refractivity contribution < 1.29 is 4.74 Å². The first-order valence-electron chi connectivity index (χ1n) is 8.88. The van der Waals surface area contributed by atoms with Crippen molar-refractivity contribution in [3.05, 3.63) is 11.6 Å². The molecule has 1 aliphatic rings. The van der Waals surface area contributed by atoms with Crippen LogP contribution in [0.15, 0.2) is 4.99 Å². The smallest absolute Gasteiger partial charge is 0.191 e. The maximum atomic E-state index is 5.37. The Morgan fingerprint density at radius 3 is 2.62 bits per heavy atom. The average Bonchev–Trinajstić information content (AvgIpc) is 2.93. The highest BCUT2D eigenvalue weighted by molar-refractivity contribution is 5.79. The van der Waals surface area contributed by atoms with Crippen LogP contribution >= 0.6 is 0 Å². The lowest BCUT2D eigenvalue weighted by Gasteiger charge is -2.26. The minimum atomic E-state index is 0.528. The van der Waals surface area contributed by atoms with Gasteiger partial charge in [0.15, 0.2) is 11.8 Å². The minimum absolute atomic E-state index is 0.528. The zero-order chi connectivity index (χ0) is 17.2. The molecule has 2 N–H and O–H groups in total. The molecule has 8 heteroatoms. The molecule has 0 aromatic carbocycles. The van der Waals surface area contributed by atoms with Crippen molar-refractivity contribution in [3.8, 4) is 0 Å². The summed E-state index contributed by atoms with van der Waals surface area (Å²) >= 11 is 0. The monoisotopic (exact) mass is 337 g/mol. The molecule has 0 amide bonds. The molecule has 24 heavy (non-hydrogen) atoms. The molecule has 0 bridgehead atoms. The van der Waals surface area contributed by atoms with Crippen LogP contribution < -0.4 is 10.6 Å². The Balaban J connectivity index is 1.76. The quantitative estimate of drug-likeness (QED) is 0.403. The van der Waals surface area contributed by atoms with Crippen LogP contribution in [0.2, 0.25) is 0 Å². The number of ether oxygens (including phenoxy) is 1. The summed E-state index contributed by atoms with van der Waals surface area (Å²) in [5.74, 6) is 2.62. The fraction of sp³-hybridized carbons (Fsp3) is 0.812. The van der Waals surface area contributed by atoms with E-state index in [4.69, 9.17) is 4.74 Å². The van der Waals surface area contributed by atoms with Crippen LogP contribution in [-0.2, 0) is 18.3 Å². The van der Waals surface area contributed by atoms with Crippen molar-refractivity contribution in [2.75, 3.05) is 45.9 Å². The zero-order valence-electron chi connectivity index (χ0n) is 15.2. The summed E-state index contributed by atoms with van der Waals surface area (Å²) in [4.78, 5) is 7.08. The van der Waals surface area contributed by atoms with Gasteiger partial charge in [-0.2, -0.15) is 0 Å². The van der Waals surface area contributed by atoms with Crippen LogP contribution in [-0.4, -0.2) is 71.6 Å². The molecule has 0 atom stereocenters. The van der Waals surface area contributed by atoms with Crippen LogP contribution in [0, 0.1) is 6.92 Å². The first-order chi connectivity index (χ1) is 11.7. The third-order valence-electron chi connectivity index (χ3n) is 4.15. The molecule has 8 nitrogen and oxygen atoms in total. The van der Waals surface area contributed by atoms with E-state index in [-0.39, 0.29) is 0 Å². The minimum Gasteiger partial charge on any atom is -0.379 e. The zero-order valence-corrected chi connectivity index (χ0v) is 15.2. The van der Waals surface area contributed by atoms with Crippen LogP contribution in [0.1, 0.15) is 31.4 Å². The standard InChI is InChI=1S/C16H31N7O/c1-4-6-17-16(19-13-15-21-20-14(2)22(15)3)18-7-5-8-23-9-11-24-12-10-23/h4-13H2,1-3H3,(H2,17,18,19). The Hall–Kier alpha value is -1.67. The Morgan fingerprint density at radius 1 is 1.21 bits per heavy atom. The van der Waals surface area contributed by atoms with Crippen LogP contribution in [0.3, 0.4) is 0 Å². The number of aryl methyl sites for hydroxylation is 1. The van der Waals surface area contributed by atoms with E-state index in [0.717, 1.165) is 76.4 Å². The third-order valence-corrected chi connectivity index (χ3v) is 4.15. The first-order valence-corrected chi connectivity index (χ1v) is 8.88. The van der Waals surface area contributed by atoms with Crippen molar-refractivity contribution in [2.45, 2.75) is 33.2 Å². The van der Waals surface area contributed by atoms with Gasteiger partial charge in [-0.1, -0.05) is 6.92 Å². The molecule has 0 aliphatic carbocycles. The Bertz CT molecular complexity index is 509. The van der Waals surface area contributed by atoms with Crippen molar-refractivity contribution in [2.24, 2.45) is 12.0 Å². The van der Waals surface area contributed by atoms with E-state index >= 15 is 0 Å². The second-order valence-electron chi connectivity index (χ2n) is 6.05. The van der Waals surface area contributed by atoms with E-state index in [0.29, 0.717) is 6.54 Å². The molecule has 0 spiro atoms. The average molecular weight is 337 g/mol. The van der Waals surface area contributed by atoms with Gasteiger partial charge in [-0.25, -0.2) is 4.99 Å². The topological polar surface area (TPSA) is 79.6 Å². The van der Waals surface area contributed by atoms with Gasteiger partial charge in [-0.3, -0.25) is 4.90 Å². The number of aromatic nitrogens is 3. The third kappa shape index (κ3) is 6.09. The summed E-state index contributed by atoms with van der Waals surface area (Å²) in [5, 5.41) is 15.0. The Kier molecular flexibility index (Phi) is 7.97. The summed E-state index contributed by atoms with van der Waals surface area (Å²) in [5.41, 5.74) is 0. The largest absolute Gasteiger partial charge is 0.379 e. The summed E-state index contributed by atoms with van der Waals surface area (Å²) in [6.45, 7) is 11.3. The lowest BCUT2D eigenvalue weighted by atomic mass is 10.3. The highest BCUT2D eigenvalue weighted by Gasteiger charge is 2.09. The van der Waals surface area contributed by atoms with Crippen LogP contribution in [0.25, 0.3) is 0 Å². The van der Waals surface area contributed by atoms with E-state index in [1.807, 2.05) is 18.5 Å². The second-order valence-corrected chi connectivity index (χ2v) is 6.05. The molecule has 2 rings (SSSR count). The van der Waals surface area contributed by atoms with Crippen LogP contribution in [0.4, 0.5) is 0 Å². The Labute approximate surface area is 144 Å². The number of aliphatic imine (C=N–C) groups is 1. The molecule has 0 unspecified atom stereocenters. The molecule has 0 radical (unpaired) electrons. The van der Waals surface area contributed by atoms with Crippen molar-refractivity contribution in [3.63, 3.8) is 0 Å².